The molecular weight excluding hydrogens is 392 g/mol. The maximum absolute atomic E-state index is 12.6. The number of ketones is 1. The molecule has 0 unspecified atom stereocenters. The van der Waals surface area contributed by atoms with Gasteiger partial charge in [0.2, 0.25) is 5.78 Å². The van der Waals surface area contributed by atoms with Crippen molar-refractivity contribution < 1.29 is 19.2 Å². The van der Waals surface area contributed by atoms with E-state index in [2.05, 4.69) is 0 Å². The number of carbonyl (C=O) groups is 2. The largest absolute Gasteiger partial charge is 0.454 e. The second-order valence-corrected chi connectivity index (χ2v) is 7.74. The van der Waals surface area contributed by atoms with E-state index < -0.39 is 17.5 Å². The predicted octanol–water partition coefficient (Wildman–Crippen LogP) is 4.47. The van der Waals surface area contributed by atoms with Crippen LogP contribution in [0.2, 0.25) is 0 Å². The highest BCUT2D eigenvalue weighted by atomic mass is 32.1. The minimum Gasteiger partial charge on any atom is -0.454 e. The van der Waals surface area contributed by atoms with Gasteiger partial charge in [-0.2, -0.15) is 0 Å². The average molecular weight is 412 g/mol. The summed E-state index contributed by atoms with van der Waals surface area (Å²) in [6.07, 6.45) is 0. The number of hydrogen-bond donors (Lipinski definition) is 0. The summed E-state index contributed by atoms with van der Waals surface area (Å²) in [5, 5.41) is 13.0. The van der Waals surface area contributed by atoms with E-state index in [0.29, 0.717) is 17.7 Å². The van der Waals surface area contributed by atoms with Gasteiger partial charge in [-0.25, -0.2) is 4.79 Å². The van der Waals surface area contributed by atoms with Crippen LogP contribution in [0.25, 0.3) is 0 Å². The van der Waals surface area contributed by atoms with Gasteiger partial charge in [0.25, 0.3) is 5.69 Å². The smallest absolute Gasteiger partial charge is 0.338 e. The molecule has 7 nitrogen and oxygen atoms in total. The average Bonchev–Trinajstić information content (AvgIpc) is 3.29. The Bertz CT molecular complexity index is 1080. The maximum atomic E-state index is 12.6. The molecule has 29 heavy (non-hydrogen) atoms. The lowest BCUT2D eigenvalue weighted by Crippen LogP contribution is -2.15. The van der Waals surface area contributed by atoms with Gasteiger partial charge < -0.3 is 9.30 Å². The third kappa shape index (κ3) is 4.43. The van der Waals surface area contributed by atoms with Crippen molar-refractivity contribution in [2.24, 2.45) is 0 Å². The second-order valence-electron chi connectivity index (χ2n) is 6.71. The number of carbonyl (C=O) groups excluding carboxylic acids is 2. The van der Waals surface area contributed by atoms with E-state index in [1.54, 1.807) is 24.3 Å². The molecule has 2 aromatic heterocycles. The number of aryl methyl sites for hydroxylation is 2. The molecule has 0 radical (unpaired) electrons. The third-order valence-electron chi connectivity index (χ3n) is 4.74. The molecule has 0 aliphatic carbocycles. The van der Waals surface area contributed by atoms with E-state index >= 15 is 0 Å². The Morgan fingerprint density at radius 2 is 1.93 bits per heavy atom. The number of nitro groups is 1. The lowest BCUT2D eigenvalue weighted by Gasteiger charge is -2.08. The summed E-state index contributed by atoms with van der Waals surface area (Å²) in [5.41, 5.74) is 2.58. The van der Waals surface area contributed by atoms with Crippen molar-refractivity contribution in [3.63, 3.8) is 0 Å². The highest BCUT2D eigenvalue weighted by Gasteiger charge is 2.20. The van der Waals surface area contributed by atoms with Crippen molar-refractivity contribution in [1.29, 1.82) is 0 Å². The summed E-state index contributed by atoms with van der Waals surface area (Å²) in [5.74, 6) is -1.08. The molecule has 0 spiro atoms. The first-order chi connectivity index (χ1) is 13.8. The Labute approximate surface area is 171 Å². The number of nitrogens with zero attached hydrogens (tertiary/aromatic N) is 2. The molecule has 2 heterocycles. The zero-order valence-electron chi connectivity index (χ0n) is 16.3. The minimum absolute atomic E-state index is 0.0401. The normalized spacial score (nSPS) is 10.7. The van der Waals surface area contributed by atoms with Crippen LogP contribution < -0.4 is 0 Å². The number of hydrogen-bond acceptors (Lipinski definition) is 6. The zero-order chi connectivity index (χ0) is 21.1. The van der Waals surface area contributed by atoms with Crippen molar-refractivity contribution in [3.05, 3.63) is 84.8 Å². The molecule has 3 rings (SSSR count). The quantitative estimate of drug-likeness (QED) is 0.247. The molecule has 8 heteroatoms. The van der Waals surface area contributed by atoms with Gasteiger partial charge in [-0.1, -0.05) is 12.1 Å². The van der Waals surface area contributed by atoms with Gasteiger partial charge in [0, 0.05) is 33.5 Å². The number of aromatic nitrogens is 1. The highest BCUT2D eigenvalue weighted by molar-refractivity contribution is 7.09. The number of thiophene rings is 1. The van der Waals surface area contributed by atoms with Crippen LogP contribution in [-0.2, 0) is 11.3 Å². The van der Waals surface area contributed by atoms with Crippen molar-refractivity contribution in [2.45, 2.75) is 27.3 Å². The Hall–Kier alpha value is -3.26. The first-order valence-electron chi connectivity index (χ1n) is 8.92. The van der Waals surface area contributed by atoms with Crippen molar-refractivity contribution in [1.82, 2.24) is 4.57 Å². The molecule has 0 atom stereocenters. The number of esters is 1. The third-order valence-corrected chi connectivity index (χ3v) is 5.61. The van der Waals surface area contributed by atoms with Crippen LogP contribution in [0, 0.1) is 30.9 Å². The van der Waals surface area contributed by atoms with Crippen LogP contribution in [0.3, 0.4) is 0 Å². The molecule has 3 aromatic rings. The van der Waals surface area contributed by atoms with Gasteiger partial charge in [0.15, 0.2) is 6.61 Å². The van der Waals surface area contributed by atoms with Gasteiger partial charge in [0.05, 0.1) is 17.0 Å². The number of benzene rings is 1. The van der Waals surface area contributed by atoms with E-state index in [4.69, 9.17) is 4.74 Å². The fourth-order valence-electron chi connectivity index (χ4n) is 3.11. The minimum atomic E-state index is -0.770. The van der Waals surface area contributed by atoms with Crippen LogP contribution in [0.1, 0.15) is 42.5 Å². The summed E-state index contributed by atoms with van der Waals surface area (Å²) in [7, 11) is 0. The van der Waals surface area contributed by atoms with Gasteiger partial charge in [-0.3, -0.25) is 14.9 Å². The molecule has 0 aliphatic rings. The fraction of sp³-hybridized carbons (Fsp3) is 0.238. The monoisotopic (exact) mass is 412 g/mol. The number of Topliss-reactive ketones (excluding diaryl/α,β-unsaturated/α-hetero) is 1. The van der Waals surface area contributed by atoms with Crippen molar-refractivity contribution in [2.75, 3.05) is 6.61 Å². The topological polar surface area (TPSA) is 91.4 Å². The molecule has 0 N–H and O–H groups in total. The molecule has 0 aliphatic heterocycles. The van der Waals surface area contributed by atoms with Crippen molar-refractivity contribution >= 4 is 28.8 Å². The molecular formula is C21H20N2O5S. The van der Waals surface area contributed by atoms with E-state index in [-0.39, 0.29) is 17.0 Å². The van der Waals surface area contributed by atoms with Gasteiger partial charge >= 0.3 is 5.97 Å². The van der Waals surface area contributed by atoms with Gasteiger partial charge in [-0.15, -0.1) is 11.3 Å². The van der Waals surface area contributed by atoms with E-state index in [1.165, 1.54) is 17.0 Å². The summed E-state index contributed by atoms with van der Waals surface area (Å²) in [6.45, 7) is 5.62. The summed E-state index contributed by atoms with van der Waals surface area (Å²) < 4.78 is 7.16. The molecule has 150 valence electrons. The highest BCUT2D eigenvalue weighted by Crippen LogP contribution is 2.21. The molecule has 0 fully saturated rings. The Kier molecular flexibility index (Phi) is 5.93. The molecule has 1 aromatic carbocycles. The van der Waals surface area contributed by atoms with Crippen molar-refractivity contribution in [3.8, 4) is 0 Å². The number of rotatable bonds is 7. The Morgan fingerprint density at radius 3 is 2.59 bits per heavy atom. The predicted molar refractivity (Wildman–Crippen MR) is 110 cm³/mol. The molecule has 0 saturated carbocycles. The Morgan fingerprint density at radius 1 is 1.17 bits per heavy atom. The van der Waals surface area contributed by atoms with E-state index in [9.17, 15) is 19.7 Å². The lowest BCUT2D eigenvalue weighted by molar-refractivity contribution is -0.385. The fourth-order valence-corrected chi connectivity index (χ4v) is 3.80. The molecule has 0 saturated heterocycles. The second kappa shape index (κ2) is 8.40. The van der Waals surface area contributed by atoms with Gasteiger partial charge in [-0.05, 0) is 44.4 Å². The van der Waals surface area contributed by atoms with Crippen LogP contribution in [0.5, 0.6) is 0 Å². The van der Waals surface area contributed by atoms with Crippen LogP contribution in [0.15, 0.2) is 41.8 Å². The van der Waals surface area contributed by atoms with Crippen LogP contribution in [-0.4, -0.2) is 27.8 Å². The van der Waals surface area contributed by atoms with Crippen LogP contribution >= 0.6 is 11.3 Å². The SMILES string of the molecule is Cc1ccc(C(=O)OCC(=O)c2cc(C)n(Cc3cccs3)c2C)cc1[N+](=O)[O-]. The van der Waals surface area contributed by atoms with E-state index in [1.807, 2.05) is 35.9 Å². The number of ether oxygens (including phenoxy) is 1. The Balaban J connectivity index is 1.70. The standard InChI is InChI=1S/C21H20N2O5S/c1-13-6-7-16(10-19(13)23(26)27)21(25)28-12-20(24)18-9-14(2)22(15(18)3)11-17-5-4-8-29-17/h4-10H,11-12H2,1-3H3. The van der Waals surface area contributed by atoms with Crippen LogP contribution in [0.4, 0.5) is 5.69 Å². The summed E-state index contributed by atoms with van der Waals surface area (Å²) in [4.78, 5) is 36.5. The number of nitro benzene ring substituents is 1. The maximum Gasteiger partial charge on any atom is 0.338 e. The first-order valence-corrected chi connectivity index (χ1v) is 9.80. The van der Waals surface area contributed by atoms with Gasteiger partial charge in [0.1, 0.15) is 0 Å². The summed E-state index contributed by atoms with van der Waals surface area (Å²) >= 11 is 1.65. The molecule has 0 bridgehead atoms. The first kappa shape index (κ1) is 20.5. The molecule has 0 amide bonds. The van der Waals surface area contributed by atoms with E-state index in [0.717, 1.165) is 17.5 Å². The lowest BCUT2D eigenvalue weighted by atomic mass is 10.1. The summed E-state index contributed by atoms with van der Waals surface area (Å²) in [6, 6.07) is 9.89. The zero-order valence-corrected chi connectivity index (χ0v) is 17.1.